The second kappa shape index (κ2) is 4.66. The molecule has 0 aromatic heterocycles. The first-order valence-corrected chi connectivity index (χ1v) is 5.74. The van der Waals surface area contributed by atoms with Gasteiger partial charge >= 0.3 is 0 Å². The number of aliphatic imine (C=N–C) groups is 1. The SMILES string of the molecule is CC(C)Cc1ccc(C2=NC(C)NO2)cc1. The Morgan fingerprint density at radius 2 is 2.00 bits per heavy atom. The lowest BCUT2D eigenvalue weighted by Gasteiger charge is -2.06. The van der Waals surface area contributed by atoms with Crippen molar-refractivity contribution in [1.29, 1.82) is 0 Å². The fourth-order valence-electron chi connectivity index (χ4n) is 1.76. The van der Waals surface area contributed by atoms with Crippen LogP contribution in [-0.2, 0) is 11.3 Å². The van der Waals surface area contributed by atoms with Gasteiger partial charge in [-0.25, -0.2) is 4.99 Å². The van der Waals surface area contributed by atoms with Crippen molar-refractivity contribution in [2.75, 3.05) is 0 Å². The Bertz CT molecular complexity index is 381. The molecule has 0 bridgehead atoms. The maximum absolute atomic E-state index is 5.27. The maximum Gasteiger partial charge on any atom is 0.242 e. The molecule has 0 radical (unpaired) electrons. The van der Waals surface area contributed by atoms with Crippen molar-refractivity contribution < 1.29 is 4.84 Å². The van der Waals surface area contributed by atoms with Crippen molar-refractivity contribution in [3.8, 4) is 0 Å². The molecule has 1 aromatic carbocycles. The van der Waals surface area contributed by atoms with E-state index in [1.54, 1.807) is 0 Å². The van der Waals surface area contributed by atoms with E-state index >= 15 is 0 Å². The van der Waals surface area contributed by atoms with Crippen molar-refractivity contribution in [3.63, 3.8) is 0 Å². The molecule has 86 valence electrons. The first kappa shape index (κ1) is 11.1. The minimum absolute atomic E-state index is 0.0466. The summed E-state index contributed by atoms with van der Waals surface area (Å²) in [5.74, 6) is 1.37. The Hall–Kier alpha value is -1.35. The van der Waals surface area contributed by atoms with Gasteiger partial charge in [0.05, 0.1) is 0 Å². The Balaban J connectivity index is 2.10. The van der Waals surface area contributed by atoms with Crippen LogP contribution in [0.25, 0.3) is 0 Å². The molecule has 16 heavy (non-hydrogen) atoms. The van der Waals surface area contributed by atoms with Crippen LogP contribution < -0.4 is 5.48 Å². The molecule has 1 aliphatic rings. The molecule has 0 aliphatic carbocycles. The third-order valence-electron chi connectivity index (χ3n) is 2.48. The number of hydrogen-bond donors (Lipinski definition) is 1. The van der Waals surface area contributed by atoms with Gasteiger partial charge in [-0.1, -0.05) is 26.0 Å². The monoisotopic (exact) mass is 218 g/mol. The van der Waals surface area contributed by atoms with E-state index in [0.29, 0.717) is 11.8 Å². The quantitative estimate of drug-likeness (QED) is 0.845. The standard InChI is InChI=1S/C13H18N2O/c1-9(2)8-11-4-6-12(7-5-11)13-14-10(3)15-16-13/h4-7,9-10,15H,8H2,1-3H3. The highest BCUT2D eigenvalue weighted by Crippen LogP contribution is 2.12. The van der Waals surface area contributed by atoms with Gasteiger partial charge in [-0.05, 0) is 37.0 Å². The van der Waals surface area contributed by atoms with Gasteiger partial charge in [0.25, 0.3) is 0 Å². The van der Waals surface area contributed by atoms with Crippen LogP contribution in [0.15, 0.2) is 29.3 Å². The van der Waals surface area contributed by atoms with Gasteiger partial charge in [0.15, 0.2) is 0 Å². The Labute approximate surface area is 96.5 Å². The molecular formula is C13H18N2O. The molecule has 3 nitrogen and oxygen atoms in total. The zero-order chi connectivity index (χ0) is 11.5. The van der Waals surface area contributed by atoms with E-state index in [1.807, 2.05) is 6.92 Å². The Morgan fingerprint density at radius 1 is 1.31 bits per heavy atom. The summed E-state index contributed by atoms with van der Waals surface area (Å²) < 4.78 is 0. The topological polar surface area (TPSA) is 33.6 Å². The van der Waals surface area contributed by atoms with E-state index in [2.05, 4.69) is 48.6 Å². The van der Waals surface area contributed by atoms with E-state index in [-0.39, 0.29) is 6.17 Å². The van der Waals surface area contributed by atoms with Crippen molar-refractivity contribution >= 4 is 5.90 Å². The lowest BCUT2D eigenvalue weighted by Crippen LogP contribution is -2.17. The third kappa shape index (κ3) is 2.61. The fraction of sp³-hybridized carbons (Fsp3) is 0.462. The molecule has 1 aliphatic heterocycles. The number of hydroxylamine groups is 1. The molecular weight excluding hydrogens is 200 g/mol. The first-order valence-electron chi connectivity index (χ1n) is 5.74. The predicted octanol–water partition coefficient (Wildman–Crippen LogP) is 2.51. The van der Waals surface area contributed by atoms with E-state index < -0.39 is 0 Å². The highest BCUT2D eigenvalue weighted by molar-refractivity contribution is 5.94. The summed E-state index contributed by atoms with van der Waals surface area (Å²) in [6, 6.07) is 8.42. The van der Waals surface area contributed by atoms with Crippen LogP contribution in [0, 0.1) is 5.92 Å². The van der Waals surface area contributed by atoms with E-state index in [0.717, 1.165) is 12.0 Å². The molecule has 1 N–H and O–H groups in total. The summed E-state index contributed by atoms with van der Waals surface area (Å²) in [7, 11) is 0. The summed E-state index contributed by atoms with van der Waals surface area (Å²) >= 11 is 0. The van der Waals surface area contributed by atoms with E-state index in [9.17, 15) is 0 Å². The van der Waals surface area contributed by atoms with Crippen LogP contribution in [0.3, 0.4) is 0 Å². The van der Waals surface area contributed by atoms with Crippen molar-refractivity contribution in [2.24, 2.45) is 10.9 Å². The average molecular weight is 218 g/mol. The van der Waals surface area contributed by atoms with Crippen LogP contribution in [0.1, 0.15) is 31.9 Å². The first-order chi connectivity index (χ1) is 7.65. The Kier molecular flexibility index (Phi) is 3.25. The largest absolute Gasteiger partial charge is 0.386 e. The molecule has 0 spiro atoms. The number of rotatable bonds is 3. The summed E-state index contributed by atoms with van der Waals surface area (Å²) in [5.41, 5.74) is 5.20. The molecule has 1 heterocycles. The van der Waals surface area contributed by atoms with Gasteiger partial charge in [-0.2, -0.15) is 0 Å². The Morgan fingerprint density at radius 3 is 2.50 bits per heavy atom. The predicted molar refractivity (Wildman–Crippen MR) is 65.2 cm³/mol. The van der Waals surface area contributed by atoms with Crippen LogP contribution in [0.4, 0.5) is 0 Å². The number of hydrogen-bond acceptors (Lipinski definition) is 3. The maximum atomic E-state index is 5.27. The van der Waals surface area contributed by atoms with Crippen LogP contribution in [0.5, 0.6) is 0 Å². The lowest BCUT2D eigenvalue weighted by molar-refractivity contribution is 0.186. The van der Waals surface area contributed by atoms with Gasteiger partial charge in [-0.3, -0.25) is 0 Å². The molecule has 1 unspecified atom stereocenters. The summed E-state index contributed by atoms with van der Waals surface area (Å²) in [6.45, 7) is 6.41. The van der Waals surface area contributed by atoms with Crippen LogP contribution in [0.2, 0.25) is 0 Å². The summed E-state index contributed by atoms with van der Waals surface area (Å²) in [6.07, 6.45) is 1.16. The molecule has 0 saturated carbocycles. The third-order valence-corrected chi connectivity index (χ3v) is 2.48. The van der Waals surface area contributed by atoms with Crippen molar-refractivity contribution in [3.05, 3.63) is 35.4 Å². The number of nitrogens with zero attached hydrogens (tertiary/aromatic N) is 1. The van der Waals surface area contributed by atoms with Crippen LogP contribution >= 0.6 is 0 Å². The van der Waals surface area contributed by atoms with Gasteiger partial charge in [0, 0.05) is 5.56 Å². The molecule has 0 fully saturated rings. The van der Waals surface area contributed by atoms with Gasteiger partial charge in [0.1, 0.15) is 6.17 Å². The molecule has 1 aromatic rings. The fourth-order valence-corrected chi connectivity index (χ4v) is 1.76. The summed E-state index contributed by atoms with van der Waals surface area (Å²) in [5, 5.41) is 0. The van der Waals surface area contributed by atoms with Gasteiger partial charge in [-0.15, -0.1) is 5.48 Å². The zero-order valence-corrected chi connectivity index (χ0v) is 10.0. The zero-order valence-electron chi connectivity index (χ0n) is 10.0. The molecule has 3 heteroatoms. The molecule has 2 rings (SSSR count). The average Bonchev–Trinajstić information content (AvgIpc) is 2.65. The van der Waals surface area contributed by atoms with Crippen molar-refractivity contribution in [2.45, 2.75) is 33.4 Å². The highest BCUT2D eigenvalue weighted by Gasteiger charge is 2.15. The molecule has 0 saturated heterocycles. The second-order valence-corrected chi connectivity index (χ2v) is 4.63. The minimum atomic E-state index is 0.0466. The van der Waals surface area contributed by atoms with Crippen molar-refractivity contribution in [1.82, 2.24) is 5.48 Å². The van der Waals surface area contributed by atoms with E-state index in [4.69, 9.17) is 4.84 Å². The number of nitrogens with one attached hydrogen (secondary N) is 1. The lowest BCUT2D eigenvalue weighted by atomic mass is 10.0. The van der Waals surface area contributed by atoms with Crippen LogP contribution in [-0.4, -0.2) is 12.1 Å². The normalized spacial score (nSPS) is 19.8. The highest BCUT2D eigenvalue weighted by atomic mass is 16.7. The molecule has 0 amide bonds. The molecule has 1 atom stereocenters. The van der Waals surface area contributed by atoms with Gasteiger partial charge in [0.2, 0.25) is 5.90 Å². The summed E-state index contributed by atoms with van der Waals surface area (Å²) in [4.78, 5) is 9.60. The second-order valence-electron chi connectivity index (χ2n) is 4.63. The minimum Gasteiger partial charge on any atom is -0.386 e. The van der Waals surface area contributed by atoms with E-state index in [1.165, 1.54) is 5.56 Å². The van der Waals surface area contributed by atoms with Gasteiger partial charge < -0.3 is 4.84 Å². The smallest absolute Gasteiger partial charge is 0.242 e. The number of benzene rings is 1.